The lowest BCUT2D eigenvalue weighted by Gasteiger charge is -2.04. The molecule has 0 aliphatic rings. The molecule has 1 amide bonds. The number of nitriles is 1. The number of carbonyl (C=O) groups is 1. The zero-order valence-corrected chi connectivity index (χ0v) is 12.7. The highest BCUT2D eigenvalue weighted by molar-refractivity contribution is 6.31. The Morgan fingerprint density at radius 3 is 2.74 bits per heavy atom. The minimum absolute atomic E-state index is 0.0207. The molecular weight excluding hydrogens is 319 g/mol. The second-order valence-electron chi connectivity index (χ2n) is 4.44. The number of nitrogens with zero attached hydrogens (tertiary/aromatic N) is 1. The van der Waals surface area contributed by atoms with Crippen molar-refractivity contribution in [3.05, 3.63) is 64.9 Å². The molecule has 0 aromatic heterocycles. The number of amides is 1. The summed E-state index contributed by atoms with van der Waals surface area (Å²) in [6.07, 6.45) is 2.86. The Morgan fingerprint density at radius 2 is 2.04 bits per heavy atom. The van der Waals surface area contributed by atoms with Crippen LogP contribution in [0.3, 0.4) is 0 Å². The average molecular weight is 331 g/mol. The van der Waals surface area contributed by atoms with Crippen molar-refractivity contribution < 1.29 is 13.9 Å². The Balaban J connectivity index is 1.98. The summed E-state index contributed by atoms with van der Waals surface area (Å²) >= 11 is 5.64. The maximum Gasteiger partial charge on any atom is 0.248 e. The third-order valence-electron chi connectivity index (χ3n) is 2.82. The lowest BCUT2D eigenvalue weighted by molar-refractivity contribution is -0.111. The van der Waals surface area contributed by atoms with Crippen LogP contribution in [-0.4, -0.2) is 12.5 Å². The van der Waals surface area contributed by atoms with E-state index < -0.39 is 11.7 Å². The fourth-order valence-electron chi connectivity index (χ4n) is 1.74. The number of nitrogens with one attached hydrogen (secondary N) is 1. The number of carbonyl (C=O) groups excluding carboxylic acids is 1. The Hall–Kier alpha value is -2.84. The largest absolute Gasteiger partial charge is 0.479 e. The molecule has 0 saturated heterocycles. The fourth-order valence-corrected chi connectivity index (χ4v) is 1.91. The van der Waals surface area contributed by atoms with Gasteiger partial charge in [0.15, 0.2) is 12.4 Å². The molecule has 2 rings (SSSR count). The first kappa shape index (κ1) is 16.5. The van der Waals surface area contributed by atoms with E-state index in [1.807, 2.05) is 6.07 Å². The molecule has 0 aliphatic carbocycles. The van der Waals surface area contributed by atoms with Crippen molar-refractivity contribution in [1.82, 2.24) is 0 Å². The van der Waals surface area contributed by atoms with Crippen molar-refractivity contribution in [2.24, 2.45) is 0 Å². The molecule has 2 aromatic rings. The molecule has 0 fully saturated rings. The van der Waals surface area contributed by atoms with Gasteiger partial charge in [-0.2, -0.15) is 5.26 Å². The number of ether oxygens (including phenoxy) is 1. The van der Waals surface area contributed by atoms with Gasteiger partial charge in [0.25, 0.3) is 0 Å². The second kappa shape index (κ2) is 7.97. The third-order valence-corrected chi connectivity index (χ3v) is 3.11. The Labute approximate surface area is 137 Å². The van der Waals surface area contributed by atoms with Gasteiger partial charge in [0.2, 0.25) is 5.91 Å². The Bertz CT molecular complexity index is 767. The van der Waals surface area contributed by atoms with Crippen LogP contribution in [0.4, 0.5) is 10.1 Å². The number of halogens is 2. The van der Waals surface area contributed by atoms with Gasteiger partial charge in [-0.1, -0.05) is 29.8 Å². The van der Waals surface area contributed by atoms with E-state index >= 15 is 0 Å². The standard InChI is InChI=1S/C17H12ClFN2O2/c18-14-2-1-3-15(17(14)19)21-16(22)9-6-12-4-7-13(8-5-12)23-11-10-20/h1-9H,11H2,(H,21,22)/b9-6+. The molecule has 0 atom stereocenters. The Morgan fingerprint density at radius 1 is 1.30 bits per heavy atom. The zero-order valence-electron chi connectivity index (χ0n) is 11.9. The van der Waals surface area contributed by atoms with E-state index in [0.717, 1.165) is 5.56 Å². The first-order valence-electron chi connectivity index (χ1n) is 6.63. The van der Waals surface area contributed by atoms with Gasteiger partial charge < -0.3 is 10.1 Å². The number of benzene rings is 2. The topological polar surface area (TPSA) is 62.1 Å². The van der Waals surface area contributed by atoms with Crippen LogP contribution < -0.4 is 10.1 Å². The lowest BCUT2D eigenvalue weighted by Crippen LogP contribution is -2.09. The smallest absolute Gasteiger partial charge is 0.248 e. The highest BCUT2D eigenvalue weighted by Crippen LogP contribution is 2.22. The van der Waals surface area contributed by atoms with E-state index in [1.165, 1.54) is 18.2 Å². The predicted molar refractivity (Wildman–Crippen MR) is 86.6 cm³/mol. The zero-order chi connectivity index (χ0) is 16.7. The molecule has 0 bridgehead atoms. The Kier molecular flexibility index (Phi) is 5.73. The lowest BCUT2D eigenvalue weighted by atomic mass is 10.2. The second-order valence-corrected chi connectivity index (χ2v) is 4.85. The quantitative estimate of drug-likeness (QED) is 0.842. The van der Waals surface area contributed by atoms with Crippen LogP contribution in [0.2, 0.25) is 5.02 Å². The minimum Gasteiger partial charge on any atom is -0.479 e. The van der Waals surface area contributed by atoms with Gasteiger partial charge in [-0.25, -0.2) is 4.39 Å². The van der Waals surface area contributed by atoms with Gasteiger partial charge in [0.1, 0.15) is 11.8 Å². The number of rotatable bonds is 5. The maximum absolute atomic E-state index is 13.7. The summed E-state index contributed by atoms with van der Waals surface area (Å²) in [5, 5.41) is 10.8. The van der Waals surface area contributed by atoms with Crippen molar-refractivity contribution in [2.45, 2.75) is 0 Å². The monoisotopic (exact) mass is 330 g/mol. The van der Waals surface area contributed by atoms with Crippen molar-refractivity contribution in [3.63, 3.8) is 0 Å². The summed E-state index contributed by atoms with van der Waals surface area (Å²) in [6, 6.07) is 13.1. The van der Waals surface area contributed by atoms with Crippen molar-refractivity contribution in [3.8, 4) is 11.8 Å². The molecule has 0 radical (unpaired) electrons. The van der Waals surface area contributed by atoms with Crippen LogP contribution in [0.15, 0.2) is 48.5 Å². The molecule has 1 N–H and O–H groups in total. The van der Waals surface area contributed by atoms with E-state index in [0.29, 0.717) is 5.75 Å². The molecule has 4 nitrogen and oxygen atoms in total. The van der Waals surface area contributed by atoms with E-state index in [-0.39, 0.29) is 17.3 Å². The predicted octanol–water partition coefficient (Wildman–Crippen LogP) is 4.03. The third kappa shape index (κ3) is 4.83. The highest BCUT2D eigenvalue weighted by Gasteiger charge is 2.07. The van der Waals surface area contributed by atoms with Crippen LogP contribution in [0.25, 0.3) is 6.08 Å². The van der Waals surface area contributed by atoms with Crippen molar-refractivity contribution in [2.75, 3.05) is 11.9 Å². The molecule has 23 heavy (non-hydrogen) atoms. The molecule has 2 aromatic carbocycles. The van der Waals surface area contributed by atoms with Gasteiger partial charge in [0, 0.05) is 6.08 Å². The molecule has 0 saturated carbocycles. The normalized spacial score (nSPS) is 10.3. The molecular formula is C17H12ClFN2O2. The van der Waals surface area contributed by atoms with Crippen LogP contribution in [0, 0.1) is 17.1 Å². The van der Waals surface area contributed by atoms with Gasteiger partial charge >= 0.3 is 0 Å². The molecule has 116 valence electrons. The van der Waals surface area contributed by atoms with E-state index in [1.54, 1.807) is 36.4 Å². The molecule has 0 spiro atoms. The molecule has 0 unspecified atom stereocenters. The van der Waals surface area contributed by atoms with E-state index in [9.17, 15) is 9.18 Å². The molecule has 6 heteroatoms. The summed E-state index contributed by atoms with van der Waals surface area (Å²) in [7, 11) is 0. The number of anilines is 1. The van der Waals surface area contributed by atoms with Crippen molar-refractivity contribution >= 4 is 29.3 Å². The number of hydrogen-bond donors (Lipinski definition) is 1. The van der Waals surface area contributed by atoms with Gasteiger partial charge in [-0.05, 0) is 35.9 Å². The van der Waals surface area contributed by atoms with Gasteiger partial charge in [-0.15, -0.1) is 0 Å². The van der Waals surface area contributed by atoms with E-state index in [4.69, 9.17) is 21.6 Å². The van der Waals surface area contributed by atoms with Crippen LogP contribution in [-0.2, 0) is 4.79 Å². The van der Waals surface area contributed by atoms with Gasteiger partial charge in [0.05, 0.1) is 10.7 Å². The number of hydrogen-bond acceptors (Lipinski definition) is 3. The summed E-state index contributed by atoms with van der Waals surface area (Å²) in [6.45, 7) is -0.0250. The first-order chi connectivity index (χ1) is 11.1. The maximum atomic E-state index is 13.7. The van der Waals surface area contributed by atoms with Gasteiger partial charge in [-0.3, -0.25) is 4.79 Å². The summed E-state index contributed by atoms with van der Waals surface area (Å²) in [5.41, 5.74) is 0.781. The average Bonchev–Trinajstić information content (AvgIpc) is 2.56. The molecule has 0 heterocycles. The van der Waals surface area contributed by atoms with Crippen LogP contribution in [0.5, 0.6) is 5.75 Å². The fraction of sp³-hybridized carbons (Fsp3) is 0.0588. The molecule has 0 aliphatic heterocycles. The highest BCUT2D eigenvalue weighted by atomic mass is 35.5. The van der Waals surface area contributed by atoms with Crippen LogP contribution in [0.1, 0.15) is 5.56 Å². The van der Waals surface area contributed by atoms with E-state index in [2.05, 4.69) is 5.32 Å². The minimum atomic E-state index is -0.671. The summed E-state index contributed by atoms with van der Waals surface area (Å²) in [4.78, 5) is 11.8. The summed E-state index contributed by atoms with van der Waals surface area (Å²) < 4.78 is 18.8. The summed E-state index contributed by atoms with van der Waals surface area (Å²) in [5.74, 6) is -0.583. The van der Waals surface area contributed by atoms with Crippen LogP contribution >= 0.6 is 11.6 Å². The van der Waals surface area contributed by atoms with Crippen molar-refractivity contribution in [1.29, 1.82) is 5.26 Å². The SMILES string of the molecule is N#CCOc1ccc(/C=C/C(=O)Nc2cccc(Cl)c2F)cc1. The first-order valence-corrected chi connectivity index (χ1v) is 7.01.